The molecular weight excluding hydrogens is 270 g/mol. The van der Waals surface area contributed by atoms with Crippen molar-refractivity contribution < 1.29 is 14.2 Å². The number of hydrogen-bond acceptors (Lipinski definition) is 5. The molecule has 21 heavy (non-hydrogen) atoms. The molecule has 2 aromatic rings. The van der Waals surface area contributed by atoms with Gasteiger partial charge < -0.3 is 19.5 Å². The van der Waals surface area contributed by atoms with Gasteiger partial charge in [-0.1, -0.05) is 6.92 Å². The lowest BCUT2D eigenvalue weighted by Gasteiger charge is -2.13. The van der Waals surface area contributed by atoms with Crippen molar-refractivity contribution in [3.63, 3.8) is 0 Å². The van der Waals surface area contributed by atoms with Crippen LogP contribution in [0, 0.1) is 0 Å². The third kappa shape index (κ3) is 3.28. The smallest absolute Gasteiger partial charge is 0.231 e. The van der Waals surface area contributed by atoms with E-state index in [1.807, 2.05) is 29.1 Å². The molecule has 0 atom stereocenters. The van der Waals surface area contributed by atoms with Crippen LogP contribution in [0.2, 0.25) is 0 Å². The van der Waals surface area contributed by atoms with Gasteiger partial charge in [0, 0.05) is 30.6 Å². The average Bonchev–Trinajstić information content (AvgIpc) is 3.15. The van der Waals surface area contributed by atoms with Gasteiger partial charge in [0.25, 0.3) is 0 Å². The zero-order valence-electron chi connectivity index (χ0n) is 12.0. The van der Waals surface area contributed by atoms with Crippen molar-refractivity contribution in [3.05, 3.63) is 36.2 Å². The predicted molar refractivity (Wildman–Crippen MR) is 77.7 cm³/mol. The Morgan fingerprint density at radius 1 is 1.33 bits per heavy atom. The predicted octanol–water partition coefficient (Wildman–Crippen LogP) is 1.80. The topological polar surface area (TPSA) is 57.5 Å². The maximum atomic E-state index is 5.90. The van der Waals surface area contributed by atoms with E-state index in [1.54, 1.807) is 6.20 Å². The third-order valence-electron chi connectivity index (χ3n) is 3.26. The molecule has 0 amide bonds. The van der Waals surface area contributed by atoms with E-state index in [0.717, 1.165) is 35.9 Å². The van der Waals surface area contributed by atoms with E-state index in [4.69, 9.17) is 14.2 Å². The highest BCUT2D eigenvalue weighted by atomic mass is 16.7. The summed E-state index contributed by atoms with van der Waals surface area (Å²) in [4.78, 5) is 0. The minimum Gasteiger partial charge on any atom is -0.491 e. The van der Waals surface area contributed by atoms with Gasteiger partial charge >= 0.3 is 0 Å². The Labute approximate surface area is 123 Å². The molecule has 1 aromatic carbocycles. The molecule has 112 valence electrons. The number of rotatable bonds is 7. The lowest BCUT2D eigenvalue weighted by Crippen LogP contribution is -2.14. The zero-order chi connectivity index (χ0) is 14.5. The molecule has 1 aliphatic heterocycles. The van der Waals surface area contributed by atoms with Crippen molar-refractivity contribution in [2.24, 2.45) is 0 Å². The number of benzene rings is 1. The van der Waals surface area contributed by atoms with Gasteiger partial charge in [-0.25, -0.2) is 0 Å². The molecule has 6 heteroatoms. The zero-order valence-corrected chi connectivity index (χ0v) is 12.0. The monoisotopic (exact) mass is 289 g/mol. The van der Waals surface area contributed by atoms with E-state index in [2.05, 4.69) is 17.3 Å². The second-order valence-corrected chi connectivity index (χ2v) is 4.71. The second kappa shape index (κ2) is 6.49. The fraction of sp³-hybridized carbons (Fsp3) is 0.400. The Bertz CT molecular complexity index is 584. The Morgan fingerprint density at radius 2 is 2.19 bits per heavy atom. The molecular formula is C15H19N3O3. The summed E-state index contributed by atoms with van der Waals surface area (Å²) < 4.78 is 18.6. The molecule has 0 saturated carbocycles. The summed E-state index contributed by atoms with van der Waals surface area (Å²) in [6, 6.07) is 5.78. The van der Waals surface area contributed by atoms with Crippen LogP contribution in [0.15, 0.2) is 30.6 Å². The molecule has 0 spiro atoms. The maximum absolute atomic E-state index is 5.90. The first-order chi connectivity index (χ1) is 10.4. The van der Waals surface area contributed by atoms with E-state index in [-0.39, 0.29) is 6.79 Å². The Balaban J connectivity index is 1.69. The number of ether oxygens (including phenoxy) is 3. The van der Waals surface area contributed by atoms with Crippen molar-refractivity contribution in [2.75, 3.05) is 19.9 Å². The number of nitrogens with one attached hydrogen (secondary N) is 1. The quantitative estimate of drug-likeness (QED) is 0.842. The molecule has 0 radical (unpaired) electrons. The summed E-state index contributed by atoms with van der Waals surface area (Å²) in [5.74, 6) is 2.35. The number of aromatic nitrogens is 2. The Hall–Kier alpha value is -2.21. The van der Waals surface area contributed by atoms with Crippen LogP contribution in [0.25, 0.3) is 0 Å². The van der Waals surface area contributed by atoms with Crippen LogP contribution in [0.4, 0.5) is 0 Å². The molecule has 1 N–H and O–H groups in total. The lowest BCUT2D eigenvalue weighted by atomic mass is 10.1. The van der Waals surface area contributed by atoms with E-state index >= 15 is 0 Å². The molecule has 0 fully saturated rings. The molecule has 2 heterocycles. The Morgan fingerprint density at radius 3 is 2.95 bits per heavy atom. The highest BCUT2D eigenvalue weighted by molar-refractivity contribution is 5.51. The van der Waals surface area contributed by atoms with Gasteiger partial charge in [-0.15, -0.1) is 0 Å². The minimum absolute atomic E-state index is 0.271. The van der Waals surface area contributed by atoms with E-state index in [9.17, 15) is 0 Å². The summed E-state index contributed by atoms with van der Waals surface area (Å²) in [5, 5.41) is 7.46. The SMILES string of the molecule is CCNCc1cc2c(cc1OCCn1cccn1)OCO2. The van der Waals surface area contributed by atoms with Gasteiger partial charge in [0.1, 0.15) is 12.4 Å². The van der Waals surface area contributed by atoms with Crippen molar-refractivity contribution in [1.29, 1.82) is 0 Å². The van der Waals surface area contributed by atoms with E-state index in [0.29, 0.717) is 13.2 Å². The third-order valence-corrected chi connectivity index (χ3v) is 3.26. The van der Waals surface area contributed by atoms with Gasteiger partial charge in [0.2, 0.25) is 6.79 Å². The minimum atomic E-state index is 0.271. The normalized spacial score (nSPS) is 12.6. The van der Waals surface area contributed by atoms with Crippen LogP contribution in [0.5, 0.6) is 17.2 Å². The van der Waals surface area contributed by atoms with Gasteiger partial charge in [-0.3, -0.25) is 4.68 Å². The van der Waals surface area contributed by atoms with Crippen LogP contribution < -0.4 is 19.5 Å². The summed E-state index contributed by atoms with van der Waals surface area (Å²) in [6.07, 6.45) is 3.68. The molecule has 1 aliphatic rings. The molecule has 0 unspecified atom stereocenters. The highest BCUT2D eigenvalue weighted by Crippen LogP contribution is 2.38. The first-order valence-corrected chi connectivity index (χ1v) is 7.10. The van der Waals surface area contributed by atoms with Crippen molar-refractivity contribution in [2.45, 2.75) is 20.0 Å². The molecule has 3 rings (SSSR count). The van der Waals surface area contributed by atoms with Gasteiger partial charge in [0.15, 0.2) is 11.5 Å². The van der Waals surface area contributed by atoms with Gasteiger partial charge in [-0.05, 0) is 18.7 Å². The summed E-state index contributed by atoms with van der Waals surface area (Å²) in [6.45, 7) is 5.26. The van der Waals surface area contributed by atoms with Crippen molar-refractivity contribution in [3.8, 4) is 17.2 Å². The van der Waals surface area contributed by atoms with Crippen LogP contribution in [-0.2, 0) is 13.1 Å². The lowest BCUT2D eigenvalue weighted by molar-refractivity contribution is 0.173. The number of fused-ring (bicyclic) bond motifs is 1. The van der Waals surface area contributed by atoms with E-state index in [1.165, 1.54) is 0 Å². The second-order valence-electron chi connectivity index (χ2n) is 4.71. The summed E-state index contributed by atoms with van der Waals surface area (Å²) >= 11 is 0. The van der Waals surface area contributed by atoms with Crippen LogP contribution in [0.3, 0.4) is 0 Å². The fourth-order valence-corrected chi connectivity index (χ4v) is 2.18. The standard InChI is InChI=1S/C15H19N3O3/c1-2-16-10-12-8-14-15(21-11-20-14)9-13(12)19-7-6-18-5-3-4-17-18/h3-5,8-9,16H,2,6-7,10-11H2,1H3. The van der Waals surface area contributed by atoms with Crippen LogP contribution >= 0.6 is 0 Å². The first-order valence-electron chi connectivity index (χ1n) is 7.10. The van der Waals surface area contributed by atoms with Crippen LogP contribution in [0.1, 0.15) is 12.5 Å². The van der Waals surface area contributed by atoms with Crippen LogP contribution in [-0.4, -0.2) is 29.7 Å². The molecule has 1 aromatic heterocycles. The van der Waals surface area contributed by atoms with Crippen molar-refractivity contribution in [1.82, 2.24) is 15.1 Å². The highest BCUT2D eigenvalue weighted by Gasteiger charge is 2.17. The fourth-order valence-electron chi connectivity index (χ4n) is 2.18. The summed E-state index contributed by atoms with van der Waals surface area (Å²) in [5.41, 5.74) is 1.07. The van der Waals surface area contributed by atoms with Gasteiger partial charge in [0.05, 0.1) is 6.54 Å². The molecule has 0 bridgehead atoms. The molecule has 0 saturated heterocycles. The van der Waals surface area contributed by atoms with Crippen molar-refractivity contribution >= 4 is 0 Å². The molecule has 0 aliphatic carbocycles. The number of hydrogen-bond donors (Lipinski definition) is 1. The largest absolute Gasteiger partial charge is 0.491 e. The molecule has 6 nitrogen and oxygen atoms in total. The number of nitrogens with zero attached hydrogens (tertiary/aromatic N) is 2. The Kier molecular flexibility index (Phi) is 4.25. The summed E-state index contributed by atoms with van der Waals surface area (Å²) in [7, 11) is 0. The first kappa shape index (κ1) is 13.8. The van der Waals surface area contributed by atoms with Gasteiger partial charge in [-0.2, -0.15) is 5.10 Å². The maximum Gasteiger partial charge on any atom is 0.231 e. The van der Waals surface area contributed by atoms with E-state index < -0.39 is 0 Å². The average molecular weight is 289 g/mol.